The van der Waals surface area contributed by atoms with E-state index in [1.165, 1.54) is 0 Å². The molecule has 0 aliphatic rings. The third-order valence-electron chi connectivity index (χ3n) is 2.81. The number of anilines is 1. The highest BCUT2D eigenvalue weighted by molar-refractivity contribution is 9.11. The van der Waals surface area contributed by atoms with Crippen molar-refractivity contribution in [3.05, 3.63) is 56.5 Å². The first-order valence-electron chi connectivity index (χ1n) is 5.90. The van der Waals surface area contributed by atoms with Crippen molar-refractivity contribution in [2.75, 3.05) is 12.4 Å². The van der Waals surface area contributed by atoms with E-state index < -0.39 is 0 Å². The first-order valence-corrected chi connectivity index (χ1v) is 7.48. The molecule has 0 spiro atoms. The number of nitrogens with one attached hydrogen (secondary N) is 1. The Kier molecular flexibility index (Phi) is 5.05. The Bertz CT molecular complexity index is 665. The van der Waals surface area contributed by atoms with Crippen LogP contribution in [0.2, 0.25) is 0 Å². The molecule has 102 valence electrons. The predicted molar refractivity (Wildman–Crippen MR) is 86.9 cm³/mol. The topological polar surface area (TPSA) is 45.0 Å². The molecule has 0 radical (unpaired) electrons. The zero-order valence-corrected chi connectivity index (χ0v) is 14.0. The van der Waals surface area contributed by atoms with Crippen molar-refractivity contribution in [1.29, 1.82) is 5.26 Å². The molecule has 0 fully saturated rings. The van der Waals surface area contributed by atoms with E-state index >= 15 is 0 Å². The number of nitriles is 1. The number of nitrogens with zero attached hydrogens (tertiary/aromatic N) is 1. The van der Waals surface area contributed by atoms with E-state index in [1.54, 1.807) is 13.2 Å². The second-order valence-electron chi connectivity index (χ2n) is 4.12. The van der Waals surface area contributed by atoms with Gasteiger partial charge in [-0.1, -0.05) is 15.9 Å². The largest absolute Gasteiger partial charge is 0.496 e. The van der Waals surface area contributed by atoms with Gasteiger partial charge in [0.1, 0.15) is 5.75 Å². The summed E-state index contributed by atoms with van der Waals surface area (Å²) in [6, 6.07) is 13.5. The first-order chi connectivity index (χ1) is 9.63. The van der Waals surface area contributed by atoms with Crippen molar-refractivity contribution < 1.29 is 4.74 Å². The van der Waals surface area contributed by atoms with Gasteiger partial charge < -0.3 is 10.1 Å². The van der Waals surface area contributed by atoms with Crippen LogP contribution in [0.15, 0.2) is 45.3 Å². The number of ether oxygens (including phenoxy) is 1. The Morgan fingerprint density at radius 1 is 1.20 bits per heavy atom. The standard InChI is InChI=1S/C15H12Br2N2O/c1-20-15-5-2-10(8-18)6-11(15)9-19-14-4-3-12(16)7-13(14)17/h2-7,19H,9H2,1H3. The molecular weight excluding hydrogens is 384 g/mol. The molecule has 1 N–H and O–H groups in total. The third kappa shape index (κ3) is 3.53. The zero-order chi connectivity index (χ0) is 14.5. The molecule has 20 heavy (non-hydrogen) atoms. The molecule has 2 aromatic rings. The summed E-state index contributed by atoms with van der Waals surface area (Å²) in [7, 11) is 1.63. The summed E-state index contributed by atoms with van der Waals surface area (Å²) in [5.41, 5.74) is 2.55. The fraction of sp³-hybridized carbons (Fsp3) is 0.133. The van der Waals surface area contributed by atoms with Crippen LogP contribution in [0.4, 0.5) is 5.69 Å². The van der Waals surface area contributed by atoms with Gasteiger partial charge in [0.15, 0.2) is 0 Å². The molecule has 0 aliphatic carbocycles. The monoisotopic (exact) mass is 394 g/mol. The zero-order valence-electron chi connectivity index (χ0n) is 10.8. The van der Waals surface area contributed by atoms with Crippen LogP contribution in [0.1, 0.15) is 11.1 Å². The van der Waals surface area contributed by atoms with Crippen LogP contribution in [0.25, 0.3) is 0 Å². The first kappa shape index (κ1) is 14.9. The Morgan fingerprint density at radius 3 is 2.65 bits per heavy atom. The maximum absolute atomic E-state index is 8.96. The molecule has 0 saturated heterocycles. The van der Waals surface area contributed by atoms with E-state index in [9.17, 15) is 0 Å². The lowest BCUT2D eigenvalue weighted by Crippen LogP contribution is -2.02. The minimum absolute atomic E-state index is 0.582. The van der Waals surface area contributed by atoms with Gasteiger partial charge in [-0.05, 0) is 52.3 Å². The maximum Gasteiger partial charge on any atom is 0.123 e. The number of benzene rings is 2. The normalized spacial score (nSPS) is 9.90. The van der Waals surface area contributed by atoms with E-state index in [0.717, 1.165) is 25.9 Å². The van der Waals surface area contributed by atoms with Gasteiger partial charge in [-0.15, -0.1) is 0 Å². The summed E-state index contributed by atoms with van der Waals surface area (Å²) in [6.07, 6.45) is 0. The lowest BCUT2D eigenvalue weighted by Gasteiger charge is -2.12. The molecule has 0 unspecified atom stereocenters. The van der Waals surface area contributed by atoms with Gasteiger partial charge in [0.25, 0.3) is 0 Å². The highest BCUT2D eigenvalue weighted by Gasteiger charge is 2.06. The second kappa shape index (κ2) is 6.78. The molecule has 0 atom stereocenters. The van der Waals surface area contributed by atoms with E-state index in [-0.39, 0.29) is 0 Å². The van der Waals surface area contributed by atoms with Gasteiger partial charge in [-0.2, -0.15) is 5.26 Å². The van der Waals surface area contributed by atoms with Crippen molar-refractivity contribution in [3.8, 4) is 11.8 Å². The molecule has 0 heterocycles. The van der Waals surface area contributed by atoms with Gasteiger partial charge in [0, 0.05) is 26.7 Å². The predicted octanol–water partition coefficient (Wildman–Crippen LogP) is 4.70. The van der Waals surface area contributed by atoms with Gasteiger partial charge in [-0.25, -0.2) is 0 Å². The molecule has 0 saturated carbocycles. The van der Waals surface area contributed by atoms with Crippen molar-refractivity contribution in [3.63, 3.8) is 0 Å². The maximum atomic E-state index is 8.96. The minimum atomic E-state index is 0.582. The van der Waals surface area contributed by atoms with Crippen LogP contribution in [-0.4, -0.2) is 7.11 Å². The van der Waals surface area contributed by atoms with E-state index in [1.807, 2.05) is 30.3 Å². The quantitative estimate of drug-likeness (QED) is 0.815. The molecule has 0 aromatic heterocycles. The Labute approximate surface area is 134 Å². The highest BCUT2D eigenvalue weighted by Crippen LogP contribution is 2.28. The van der Waals surface area contributed by atoms with Crippen molar-refractivity contribution in [1.82, 2.24) is 0 Å². The van der Waals surface area contributed by atoms with E-state index in [4.69, 9.17) is 10.00 Å². The summed E-state index contributed by atoms with van der Waals surface area (Å²) in [6.45, 7) is 0.582. The number of hydrogen-bond acceptors (Lipinski definition) is 3. The van der Waals surface area contributed by atoms with Gasteiger partial charge in [0.05, 0.1) is 18.7 Å². The van der Waals surface area contributed by atoms with Gasteiger partial charge in [0.2, 0.25) is 0 Å². The molecule has 0 aliphatic heterocycles. The van der Waals surface area contributed by atoms with E-state index in [2.05, 4.69) is 43.2 Å². The van der Waals surface area contributed by atoms with Crippen LogP contribution >= 0.6 is 31.9 Å². The van der Waals surface area contributed by atoms with Crippen LogP contribution in [0.5, 0.6) is 5.75 Å². The number of hydrogen-bond donors (Lipinski definition) is 1. The number of methoxy groups -OCH3 is 1. The van der Waals surface area contributed by atoms with Crippen LogP contribution in [-0.2, 0) is 6.54 Å². The summed E-state index contributed by atoms with van der Waals surface area (Å²) < 4.78 is 7.30. The average Bonchev–Trinajstić information content (AvgIpc) is 2.46. The highest BCUT2D eigenvalue weighted by atomic mass is 79.9. The smallest absolute Gasteiger partial charge is 0.123 e. The lowest BCUT2D eigenvalue weighted by molar-refractivity contribution is 0.410. The van der Waals surface area contributed by atoms with Gasteiger partial charge >= 0.3 is 0 Å². The SMILES string of the molecule is COc1ccc(C#N)cc1CNc1ccc(Br)cc1Br. The van der Waals surface area contributed by atoms with Crippen molar-refractivity contribution >= 4 is 37.5 Å². The third-order valence-corrected chi connectivity index (χ3v) is 3.96. The van der Waals surface area contributed by atoms with E-state index in [0.29, 0.717) is 12.1 Å². The second-order valence-corrected chi connectivity index (χ2v) is 5.89. The fourth-order valence-corrected chi connectivity index (χ4v) is 3.00. The Balaban J connectivity index is 2.20. The summed E-state index contributed by atoms with van der Waals surface area (Å²) in [5, 5.41) is 12.3. The molecule has 2 aromatic carbocycles. The molecule has 2 rings (SSSR count). The number of rotatable bonds is 4. The van der Waals surface area contributed by atoms with Crippen LogP contribution in [0.3, 0.4) is 0 Å². The Hall–Kier alpha value is -1.51. The van der Waals surface area contributed by atoms with Gasteiger partial charge in [-0.3, -0.25) is 0 Å². The Morgan fingerprint density at radius 2 is 2.00 bits per heavy atom. The molecule has 0 bridgehead atoms. The summed E-state index contributed by atoms with van der Waals surface area (Å²) >= 11 is 6.93. The van der Waals surface area contributed by atoms with Crippen LogP contribution in [0, 0.1) is 11.3 Å². The van der Waals surface area contributed by atoms with Crippen molar-refractivity contribution in [2.45, 2.75) is 6.54 Å². The molecule has 3 nitrogen and oxygen atoms in total. The lowest BCUT2D eigenvalue weighted by atomic mass is 10.1. The van der Waals surface area contributed by atoms with Crippen LogP contribution < -0.4 is 10.1 Å². The van der Waals surface area contributed by atoms with Crippen molar-refractivity contribution in [2.24, 2.45) is 0 Å². The summed E-state index contributed by atoms with van der Waals surface area (Å²) in [4.78, 5) is 0. The molecule has 5 heteroatoms. The number of halogens is 2. The average molecular weight is 396 g/mol. The minimum Gasteiger partial charge on any atom is -0.496 e. The fourth-order valence-electron chi connectivity index (χ4n) is 1.81. The molecule has 0 amide bonds. The summed E-state index contributed by atoms with van der Waals surface area (Å²) in [5.74, 6) is 0.768. The molecular formula is C15H12Br2N2O.